The van der Waals surface area contributed by atoms with Crippen molar-refractivity contribution < 1.29 is 13.2 Å². The topological polar surface area (TPSA) is 72.6 Å². The number of sulfonamides is 1. The lowest BCUT2D eigenvalue weighted by atomic mass is 10.1. The Labute approximate surface area is 147 Å². The van der Waals surface area contributed by atoms with E-state index < -0.39 is 10.0 Å². The van der Waals surface area contributed by atoms with E-state index in [1.165, 1.54) is 22.1 Å². The summed E-state index contributed by atoms with van der Waals surface area (Å²) >= 11 is 7.63. The summed E-state index contributed by atoms with van der Waals surface area (Å²) in [6, 6.07) is 4.91. The number of nitrogens with zero attached hydrogens (tertiary/aromatic N) is 1. The van der Waals surface area contributed by atoms with Crippen LogP contribution in [0.3, 0.4) is 0 Å². The zero-order valence-corrected chi connectivity index (χ0v) is 15.6. The fourth-order valence-electron chi connectivity index (χ4n) is 2.53. The highest BCUT2D eigenvalue weighted by atomic mass is 35.5. The van der Waals surface area contributed by atoms with E-state index >= 15 is 0 Å². The maximum atomic E-state index is 12.7. The second-order valence-electron chi connectivity index (χ2n) is 5.41. The zero-order valence-electron chi connectivity index (χ0n) is 13.2. The molecule has 0 spiro atoms. The molecule has 0 saturated carbocycles. The normalized spacial score (nSPS) is 17.5. The van der Waals surface area contributed by atoms with Crippen LogP contribution in [0.4, 0.5) is 0 Å². The van der Waals surface area contributed by atoms with Crippen LogP contribution in [0.25, 0.3) is 0 Å². The maximum Gasteiger partial charge on any atom is 0.243 e. The molecule has 0 aliphatic carbocycles. The smallest absolute Gasteiger partial charge is 0.243 e. The van der Waals surface area contributed by atoms with Crippen LogP contribution in [0.15, 0.2) is 28.0 Å². The molecule has 0 radical (unpaired) electrons. The van der Waals surface area contributed by atoms with E-state index in [1.54, 1.807) is 12.1 Å². The lowest BCUT2D eigenvalue weighted by Gasteiger charge is -2.31. The third-order valence-corrected chi connectivity index (χ3v) is 6.98. The molecule has 1 saturated heterocycles. The van der Waals surface area contributed by atoms with Gasteiger partial charge in [-0.05, 0) is 50.3 Å². The van der Waals surface area contributed by atoms with Gasteiger partial charge in [-0.2, -0.15) is 4.31 Å². The monoisotopic (exact) mass is 378 g/mol. The third-order valence-electron chi connectivity index (χ3n) is 3.86. The molecular formula is C15H23ClN2O3S2. The second-order valence-corrected chi connectivity index (χ2v) is 8.61. The van der Waals surface area contributed by atoms with Crippen molar-refractivity contribution in [2.75, 3.05) is 32.5 Å². The Morgan fingerprint density at radius 3 is 2.65 bits per heavy atom. The maximum absolute atomic E-state index is 12.7. The first-order valence-electron chi connectivity index (χ1n) is 7.64. The van der Waals surface area contributed by atoms with Gasteiger partial charge in [0.1, 0.15) is 0 Å². The average Bonchev–Trinajstić information content (AvgIpc) is 2.55. The Morgan fingerprint density at radius 1 is 1.39 bits per heavy atom. The van der Waals surface area contributed by atoms with Gasteiger partial charge in [0.2, 0.25) is 10.0 Å². The van der Waals surface area contributed by atoms with Gasteiger partial charge in [-0.15, -0.1) is 11.8 Å². The van der Waals surface area contributed by atoms with Crippen LogP contribution >= 0.6 is 23.4 Å². The molecule has 0 atom stereocenters. The summed E-state index contributed by atoms with van der Waals surface area (Å²) in [5, 5.41) is 0.471. The van der Waals surface area contributed by atoms with Crippen molar-refractivity contribution in [3.63, 3.8) is 0 Å². The van der Waals surface area contributed by atoms with E-state index in [2.05, 4.69) is 0 Å². The number of benzene rings is 1. The standard InChI is InChI=1S/C15H23ClN2O3S2/c1-22-15-4-3-13(11-14(15)16)23(19,20)18-8-5-12(6-9-18)21-10-2-7-17/h3-4,11-12H,2,5-10,17H2,1H3. The minimum atomic E-state index is -3.49. The minimum absolute atomic E-state index is 0.121. The summed E-state index contributed by atoms with van der Waals surface area (Å²) in [5.74, 6) is 0. The largest absolute Gasteiger partial charge is 0.378 e. The molecular weight excluding hydrogens is 356 g/mol. The quantitative estimate of drug-likeness (QED) is 0.583. The van der Waals surface area contributed by atoms with Gasteiger partial charge < -0.3 is 10.5 Å². The SMILES string of the molecule is CSc1ccc(S(=O)(=O)N2CCC(OCCCN)CC2)cc1Cl. The highest BCUT2D eigenvalue weighted by Gasteiger charge is 2.30. The van der Waals surface area contributed by atoms with Crippen molar-refractivity contribution in [1.29, 1.82) is 0 Å². The molecule has 1 aromatic carbocycles. The number of thioether (sulfide) groups is 1. The number of halogens is 1. The van der Waals surface area contributed by atoms with Gasteiger partial charge in [-0.1, -0.05) is 11.6 Å². The molecule has 2 rings (SSSR count). The first kappa shape index (κ1) is 19.0. The molecule has 0 bridgehead atoms. The van der Waals surface area contributed by atoms with Gasteiger partial charge in [-0.25, -0.2) is 8.42 Å². The van der Waals surface area contributed by atoms with Gasteiger partial charge in [0, 0.05) is 24.6 Å². The van der Waals surface area contributed by atoms with Crippen molar-refractivity contribution in [3.8, 4) is 0 Å². The van der Waals surface area contributed by atoms with Gasteiger partial charge in [-0.3, -0.25) is 0 Å². The molecule has 1 aliphatic heterocycles. The summed E-state index contributed by atoms with van der Waals surface area (Å²) in [6.45, 7) is 2.19. The van der Waals surface area contributed by atoms with Crippen molar-refractivity contribution >= 4 is 33.4 Å². The van der Waals surface area contributed by atoms with Crippen LogP contribution in [-0.2, 0) is 14.8 Å². The highest BCUT2D eigenvalue weighted by molar-refractivity contribution is 7.98. The van der Waals surface area contributed by atoms with Crippen LogP contribution in [0.1, 0.15) is 19.3 Å². The Morgan fingerprint density at radius 2 is 2.09 bits per heavy atom. The van der Waals surface area contributed by atoms with Crippen molar-refractivity contribution in [2.24, 2.45) is 5.73 Å². The zero-order chi connectivity index (χ0) is 16.9. The summed E-state index contributed by atoms with van der Waals surface area (Å²) in [5.41, 5.74) is 5.44. The van der Waals surface area contributed by atoms with Crippen molar-refractivity contribution in [3.05, 3.63) is 23.2 Å². The first-order valence-corrected chi connectivity index (χ1v) is 10.7. The van der Waals surface area contributed by atoms with E-state index in [-0.39, 0.29) is 11.0 Å². The van der Waals surface area contributed by atoms with E-state index in [4.69, 9.17) is 22.1 Å². The number of piperidine rings is 1. The van der Waals surface area contributed by atoms with E-state index in [0.29, 0.717) is 44.1 Å². The Bertz CT molecular complexity index is 617. The van der Waals surface area contributed by atoms with Crippen LogP contribution in [0.2, 0.25) is 5.02 Å². The van der Waals surface area contributed by atoms with Crippen molar-refractivity contribution in [2.45, 2.75) is 35.2 Å². The van der Waals surface area contributed by atoms with Crippen LogP contribution in [-0.4, -0.2) is 51.3 Å². The first-order chi connectivity index (χ1) is 11.0. The molecule has 1 fully saturated rings. The number of hydrogen-bond donors (Lipinski definition) is 1. The van der Waals surface area contributed by atoms with Gasteiger partial charge in [0.15, 0.2) is 0 Å². The average molecular weight is 379 g/mol. The Hall–Kier alpha value is -0.310. The highest BCUT2D eigenvalue weighted by Crippen LogP contribution is 2.30. The Kier molecular flexibility index (Phi) is 7.19. The number of rotatable bonds is 7. The number of hydrogen-bond acceptors (Lipinski definition) is 5. The predicted octanol–water partition coefficient (Wildman–Crippen LogP) is 2.58. The summed E-state index contributed by atoms with van der Waals surface area (Å²) in [7, 11) is -3.49. The molecule has 1 aliphatic rings. The van der Waals surface area contributed by atoms with Gasteiger partial charge in [0.25, 0.3) is 0 Å². The third kappa shape index (κ3) is 4.84. The number of ether oxygens (including phenoxy) is 1. The molecule has 130 valence electrons. The fraction of sp³-hybridized carbons (Fsp3) is 0.600. The van der Waals surface area contributed by atoms with E-state index in [1.807, 2.05) is 6.26 Å². The fourth-order valence-corrected chi connectivity index (χ4v) is 4.96. The molecule has 1 heterocycles. The van der Waals surface area contributed by atoms with Gasteiger partial charge in [0.05, 0.1) is 16.0 Å². The van der Waals surface area contributed by atoms with Crippen LogP contribution < -0.4 is 5.73 Å². The van der Waals surface area contributed by atoms with Gasteiger partial charge >= 0.3 is 0 Å². The molecule has 23 heavy (non-hydrogen) atoms. The molecule has 0 amide bonds. The summed E-state index contributed by atoms with van der Waals surface area (Å²) in [6.07, 6.45) is 4.28. The molecule has 1 aromatic rings. The molecule has 0 unspecified atom stereocenters. The van der Waals surface area contributed by atoms with E-state index in [0.717, 1.165) is 11.3 Å². The van der Waals surface area contributed by atoms with Crippen LogP contribution in [0.5, 0.6) is 0 Å². The second kappa shape index (κ2) is 8.69. The summed E-state index contributed by atoms with van der Waals surface area (Å²) < 4.78 is 32.6. The number of nitrogens with two attached hydrogens (primary N) is 1. The minimum Gasteiger partial charge on any atom is -0.378 e. The van der Waals surface area contributed by atoms with E-state index in [9.17, 15) is 8.42 Å². The molecule has 2 N–H and O–H groups in total. The Balaban J connectivity index is 2.00. The van der Waals surface area contributed by atoms with Crippen molar-refractivity contribution in [1.82, 2.24) is 4.31 Å². The summed E-state index contributed by atoms with van der Waals surface area (Å²) in [4.78, 5) is 1.13. The predicted molar refractivity (Wildman–Crippen MR) is 94.6 cm³/mol. The lowest BCUT2D eigenvalue weighted by Crippen LogP contribution is -2.41. The van der Waals surface area contributed by atoms with Crippen LogP contribution in [0, 0.1) is 0 Å². The molecule has 5 nitrogen and oxygen atoms in total. The molecule has 0 aromatic heterocycles. The lowest BCUT2D eigenvalue weighted by molar-refractivity contribution is 0.0209. The molecule has 8 heteroatoms.